The van der Waals surface area contributed by atoms with Crippen LogP contribution < -0.4 is 0 Å². The number of hydrogen-bond donors (Lipinski definition) is 1. The normalized spacial score (nSPS) is 19.8. The lowest BCUT2D eigenvalue weighted by Gasteiger charge is -2.33. The maximum atomic E-state index is 13.5. The van der Waals surface area contributed by atoms with Crippen molar-refractivity contribution in [3.8, 4) is 0 Å². The lowest BCUT2D eigenvalue weighted by molar-refractivity contribution is -0.0740. The van der Waals surface area contributed by atoms with Crippen molar-refractivity contribution in [2.75, 3.05) is 6.61 Å². The summed E-state index contributed by atoms with van der Waals surface area (Å²) in [7, 11) is 0. The fourth-order valence-corrected chi connectivity index (χ4v) is 3.27. The minimum atomic E-state index is -0.743. The molecule has 0 aliphatic heterocycles. The van der Waals surface area contributed by atoms with E-state index in [0.29, 0.717) is 18.1 Å². The molecule has 1 fully saturated rings. The summed E-state index contributed by atoms with van der Waals surface area (Å²) in [5.74, 6) is 0.0835. The second-order valence-corrected chi connectivity index (χ2v) is 5.82. The van der Waals surface area contributed by atoms with Gasteiger partial charge in [0.2, 0.25) is 0 Å². The summed E-state index contributed by atoms with van der Waals surface area (Å²) in [5.41, 5.74) is 1.46. The largest absolute Gasteiger partial charge is 0.386 e. The van der Waals surface area contributed by atoms with Gasteiger partial charge in [-0.05, 0) is 55.9 Å². The highest BCUT2D eigenvalue weighted by Crippen LogP contribution is 2.34. The van der Waals surface area contributed by atoms with Crippen molar-refractivity contribution in [1.29, 1.82) is 0 Å². The zero-order chi connectivity index (χ0) is 14.5. The van der Waals surface area contributed by atoms with Crippen LogP contribution in [0.4, 0.5) is 4.39 Å². The predicted octanol–water partition coefficient (Wildman–Crippen LogP) is 4.15. The van der Waals surface area contributed by atoms with Crippen molar-refractivity contribution in [2.45, 2.75) is 58.2 Å². The molecule has 1 saturated carbocycles. The summed E-state index contributed by atoms with van der Waals surface area (Å²) in [4.78, 5) is 0. The van der Waals surface area contributed by atoms with Crippen molar-refractivity contribution in [3.63, 3.8) is 0 Å². The van der Waals surface area contributed by atoms with E-state index < -0.39 is 6.10 Å². The Hall–Kier alpha value is -0.930. The van der Waals surface area contributed by atoms with Gasteiger partial charge in [-0.25, -0.2) is 4.39 Å². The fraction of sp³-hybridized carbons (Fsp3) is 0.647. The lowest BCUT2D eigenvalue weighted by Crippen LogP contribution is -2.32. The van der Waals surface area contributed by atoms with E-state index in [2.05, 4.69) is 0 Å². The van der Waals surface area contributed by atoms with Gasteiger partial charge >= 0.3 is 0 Å². The third-order valence-electron chi connectivity index (χ3n) is 4.19. The highest BCUT2D eigenvalue weighted by atomic mass is 19.1. The Labute approximate surface area is 121 Å². The van der Waals surface area contributed by atoms with Gasteiger partial charge in [0.05, 0.1) is 6.10 Å². The number of halogens is 1. The van der Waals surface area contributed by atoms with Gasteiger partial charge < -0.3 is 9.84 Å². The van der Waals surface area contributed by atoms with Crippen LogP contribution in [0.15, 0.2) is 18.2 Å². The molecule has 0 radical (unpaired) electrons. The van der Waals surface area contributed by atoms with Crippen LogP contribution >= 0.6 is 0 Å². The van der Waals surface area contributed by atoms with Gasteiger partial charge in [0.25, 0.3) is 0 Å². The molecule has 1 aliphatic carbocycles. The minimum absolute atomic E-state index is 0.221. The Morgan fingerprint density at radius 3 is 2.55 bits per heavy atom. The number of aliphatic hydroxyl groups is 1. The Morgan fingerprint density at radius 2 is 1.95 bits per heavy atom. The first-order valence-corrected chi connectivity index (χ1v) is 7.68. The van der Waals surface area contributed by atoms with Crippen molar-refractivity contribution >= 4 is 0 Å². The molecular weight excluding hydrogens is 255 g/mol. The van der Waals surface area contributed by atoms with Gasteiger partial charge in [0.1, 0.15) is 11.9 Å². The van der Waals surface area contributed by atoms with Crippen molar-refractivity contribution in [3.05, 3.63) is 35.1 Å². The second-order valence-electron chi connectivity index (χ2n) is 5.82. The molecule has 1 N–H and O–H groups in total. The molecule has 0 spiro atoms. The molecule has 1 aromatic rings. The smallest absolute Gasteiger partial charge is 0.123 e. The number of hydrogen-bond acceptors (Lipinski definition) is 2. The molecular formula is C17H25FO2. The summed E-state index contributed by atoms with van der Waals surface area (Å²) in [6, 6.07) is 4.75. The zero-order valence-corrected chi connectivity index (χ0v) is 12.4. The molecule has 0 bridgehead atoms. The monoisotopic (exact) mass is 280 g/mol. The third-order valence-corrected chi connectivity index (χ3v) is 4.19. The molecule has 0 saturated heterocycles. The van der Waals surface area contributed by atoms with Crippen LogP contribution in [0.25, 0.3) is 0 Å². The summed E-state index contributed by atoms with van der Waals surface area (Å²) >= 11 is 0. The molecule has 20 heavy (non-hydrogen) atoms. The number of ether oxygens (including phenoxy) is 1. The highest BCUT2D eigenvalue weighted by Gasteiger charge is 2.31. The third kappa shape index (κ3) is 3.80. The number of rotatable bonds is 5. The molecule has 1 aromatic carbocycles. The summed E-state index contributed by atoms with van der Waals surface area (Å²) in [6.07, 6.45) is 4.89. The van der Waals surface area contributed by atoms with E-state index in [4.69, 9.17) is 4.74 Å². The fourth-order valence-electron chi connectivity index (χ4n) is 3.27. The summed E-state index contributed by atoms with van der Waals surface area (Å²) in [5, 5.41) is 10.6. The standard InChI is InChI=1S/C17H25FO2/c1-3-20-17(13-7-5-4-6-8-13)16(19)14-9-12(2)10-15(18)11-14/h9-11,13,16-17,19H,3-8H2,1-2H3. The van der Waals surface area contributed by atoms with E-state index in [0.717, 1.165) is 18.4 Å². The first kappa shape index (κ1) is 15.5. The van der Waals surface area contributed by atoms with Crippen LogP contribution in [0.5, 0.6) is 0 Å². The number of aryl methyl sites for hydroxylation is 1. The second kappa shape index (κ2) is 7.19. The first-order valence-electron chi connectivity index (χ1n) is 7.68. The number of benzene rings is 1. The lowest BCUT2D eigenvalue weighted by atomic mass is 9.81. The Kier molecular flexibility index (Phi) is 5.55. The molecule has 0 amide bonds. The maximum absolute atomic E-state index is 13.5. The van der Waals surface area contributed by atoms with Gasteiger partial charge in [0.15, 0.2) is 0 Å². The molecule has 1 aliphatic rings. The van der Waals surface area contributed by atoms with Crippen molar-refractivity contribution in [2.24, 2.45) is 5.92 Å². The van der Waals surface area contributed by atoms with Gasteiger partial charge in [-0.2, -0.15) is 0 Å². The predicted molar refractivity (Wildman–Crippen MR) is 78.1 cm³/mol. The molecule has 0 heterocycles. The average molecular weight is 280 g/mol. The SMILES string of the molecule is CCOC(C1CCCCC1)C(O)c1cc(C)cc(F)c1. The zero-order valence-electron chi connectivity index (χ0n) is 12.4. The summed E-state index contributed by atoms with van der Waals surface area (Å²) in [6.45, 7) is 4.36. The highest BCUT2D eigenvalue weighted by molar-refractivity contribution is 5.26. The van der Waals surface area contributed by atoms with Crippen LogP contribution in [0.1, 0.15) is 56.3 Å². The van der Waals surface area contributed by atoms with Crippen molar-refractivity contribution < 1.29 is 14.2 Å². The maximum Gasteiger partial charge on any atom is 0.123 e. The van der Waals surface area contributed by atoms with Crippen LogP contribution in [-0.4, -0.2) is 17.8 Å². The van der Waals surface area contributed by atoms with Gasteiger partial charge in [-0.3, -0.25) is 0 Å². The molecule has 2 nitrogen and oxygen atoms in total. The van der Waals surface area contributed by atoms with Crippen molar-refractivity contribution in [1.82, 2.24) is 0 Å². The van der Waals surface area contributed by atoms with E-state index in [-0.39, 0.29) is 11.9 Å². The van der Waals surface area contributed by atoms with E-state index in [1.807, 2.05) is 19.9 Å². The Morgan fingerprint density at radius 1 is 1.25 bits per heavy atom. The molecule has 0 aromatic heterocycles. The van der Waals surface area contributed by atoms with Gasteiger partial charge in [-0.15, -0.1) is 0 Å². The van der Waals surface area contributed by atoms with Gasteiger partial charge in [-0.1, -0.05) is 25.3 Å². The first-order chi connectivity index (χ1) is 9.61. The van der Waals surface area contributed by atoms with Crippen LogP contribution in [0.3, 0.4) is 0 Å². The topological polar surface area (TPSA) is 29.5 Å². The number of aliphatic hydroxyl groups excluding tert-OH is 1. The molecule has 2 rings (SSSR count). The quantitative estimate of drug-likeness (QED) is 0.878. The van der Waals surface area contributed by atoms with Crippen LogP contribution in [0, 0.1) is 18.7 Å². The van der Waals surface area contributed by atoms with E-state index in [1.54, 1.807) is 0 Å². The van der Waals surface area contributed by atoms with Gasteiger partial charge in [0, 0.05) is 6.61 Å². The molecule has 3 heteroatoms. The van der Waals surface area contributed by atoms with Crippen LogP contribution in [0.2, 0.25) is 0 Å². The minimum Gasteiger partial charge on any atom is -0.386 e. The average Bonchev–Trinajstić information content (AvgIpc) is 2.44. The summed E-state index contributed by atoms with van der Waals surface area (Å²) < 4.78 is 19.3. The Bertz CT molecular complexity index is 407. The molecule has 2 unspecified atom stereocenters. The van der Waals surface area contributed by atoms with E-state index in [1.165, 1.54) is 31.4 Å². The Balaban J connectivity index is 2.18. The van der Waals surface area contributed by atoms with E-state index in [9.17, 15) is 9.50 Å². The molecule has 112 valence electrons. The van der Waals surface area contributed by atoms with E-state index >= 15 is 0 Å². The van der Waals surface area contributed by atoms with Crippen LogP contribution in [-0.2, 0) is 4.74 Å². The molecule has 2 atom stereocenters.